The van der Waals surface area contributed by atoms with E-state index in [4.69, 9.17) is 5.73 Å². The highest BCUT2D eigenvalue weighted by Gasteiger charge is 2.39. The first kappa shape index (κ1) is 14.5. The van der Waals surface area contributed by atoms with Gasteiger partial charge in [-0.2, -0.15) is 9.40 Å². The zero-order chi connectivity index (χ0) is 14.2. The molecule has 0 spiro atoms. The monoisotopic (exact) mass is 286 g/mol. The van der Waals surface area contributed by atoms with Crippen molar-refractivity contribution in [2.45, 2.75) is 51.1 Å². The smallest absolute Gasteiger partial charge is 0.247 e. The number of aryl methyl sites for hydroxylation is 1. The molecule has 7 heteroatoms. The van der Waals surface area contributed by atoms with E-state index >= 15 is 0 Å². The molecule has 2 heterocycles. The molecule has 0 amide bonds. The van der Waals surface area contributed by atoms with Gasteiger partial charge in [0.2, 0.25) is 10.0 Å². The zero-order valence-electron chi connectivity index (χ0n) is 11.7. The maximum Gasteiger partial charge on any atom is 0.247 e. The van der Waals surface area contributed by atoms with Crippen molar-refractivity contribution in [3.8, 4) is 0 Å². The van der Waals surface area contributed by atoms with Crippen LogP contribution in [0.2, 0.25) is 0 Å². The van der Waals surface area contributed by atoms with Gasteiger partial charge in [0.05, 0.1) is 11.4 Å². The maximum atomic E-state index is 12.8. The van der Waals surface area contributed by atoms with Crippen LogP contribution in [0.25, 0.3) is 0 Å². The average Bonchev–Trinajstić information content (AvgIpc) is 2.94. The van der Waals surface area contributed by atoms with Gasteiger partial charge in [0.15, 0.2) is 0 Å². The normalized spacial score (nSPS) is 21.4. The Morgan fingerprint density at radius 1 is 1.53 bits per heavy atom. The molecule has 0 aliphatic carbocycles. The molecule has 1 saturated heterocycles. The van der Waals surface area contributed by atoms with Crippen LogP contribution >= 0.6 is 0 Å². The van der Waals surface area contributed by atoms with Crippen molar-refractivity contribution >= 4 is 10.0 Å². The molecule has 108 valence electrons. The molecule has 0 radical (unpaired) electrons. The molecule has 1 aromatic heterocycles. The van der Waals surface area contributed by atoms with Gasteiger partial charge in [-0.3, -0.25) is 5.10 Å². The second-order valence-electron chi connectivity index (χ2n) is 5.40. The quantitative estimate of drug-likeness (QED) is 0.863. The van der Waals surface area contributed by atoms with Crippen LogP contribution in [0, 0.1) is 12.8 Å². The van der Waals surface area contributed by atoms with Gasteiger partial charge in [-0.15, -0.1) is 0 Å². The number of nitrogens with two attached hydrogens (primary N) is 1. The Balaban J connectivity index is 2.45. The topological polar surface area (TPSA) is 92.1 Å². The molecule has 1 unspecified atom stereocenters. The third-order valence-electron chi connectivity index (χ3n) is 3.74. The molecule has 1 aliphatic heterocycles. The first-order valence-corrected chi connectivity index (χ1v) is 8.09. The number of nitrogens with zero attached hydrogens (tertiary/aromatic N) is 2. The van der Waals surface area contributed by atoms with E-state index in [-0.39, 0.29) is 17.5 Å². The molecular formula is C12H22N4O2S. The lowest BCUT2D eigenvalue weighted by Crippen LogP contribution is -2.39. The van der Waals surface area contributed by atoms with Gasteiger partial charge in [-0.05, 0) is 25.7 Å². The molecule has 0 aromatic carbocycles. The summed E-state index contributed by atoms with van der Waals surface area (Å²) >= 11 is 0. The van der Waals surface area contributed by atoms with Crippen LogP contribution < -0.4 is 5.73 Å². The largest absolute Gasteiger partial charge is 0.325 e. The van der Waals surface area contributed by atoms with Crippen molar-refractivity contribution in [3.63, 3.8) is 0 Å². The van der Waals surface area contributed by atoms with Gasteiger partial charge in [0.25, 0.3) is 0 Å². The summed E-state index contributed by atoms with van der Waals surface area (Å²) in [7, 11) is -3.50. The van der Waals surface area contributed by atoms with Gasteiger partial charge in [0.1, 0.15) is 4.90 Å². The van der Waals surface area contributed by atoms with E-state index in [2.05, 4.69) is 24.0 Å². The Labute approximate surface area is 114 Å². The fourth-order valence-corrected chi connectivity index (χ4v) is 4.97. The number of H-pyrrole nitrogens is 1. The first-order valence-electron chi connectivity index (χ1n) is 6.65. The van der Waals surface area contributed by atoms with Crippen LogP contribution in [-0.2, 0) is 16.6 Å². The minimum Gasteiger partial charge on any atom is -0.325 e. The summed E-state index contributed by atoms with van der Waals surface area (Å²) in [6, 6.07) is 0.0740. The molecule has 0 bridgehead atoms. The fraction of sp³-hybridized carbons (Fsp3) is 0.750. The first-order chi connectivity index (χ1) is 8.89. The van der Waals surface area contributed by atoms with E-state index in [0.717, 1.165) is 12.8 Å². The highest BCUT2D eigenvalue weighted by Crippen LogP contribution is 2.32. The third-order valence-corrected chi connectivity index (χ3v) is 5.87. The van der Waals surface area contributed by atoms with Crippen LogP contribution in [0.3, 0.4) is 0 Å². The molecule has 1 aromatic rings. The highest BCUT2D eigenvalue weighted by atomic mass is 32.2. The molecule has 1 fully saturated rings. The van der Waals surface area contributed by atoms with Crippen LogP contribution in [0.1, 0.15) is 38.1 Å². The van der Waals surface area contributed by atoms with E-state index in [0.29, 0.717) is 23.9 Å². The Hall–Kier alpha value is -0.920. The van der Waals surface area contributed by atoms with Crippen molar-refractivity contribution < 1.29 is 8.42 Å². The molecule has 0 saturated carbocycles. The third kappa shape index (κ3) is 2.42. The lowest BCUT2D eigenvalue weighted by Gasteiger charge is -2.27. The standard InChI is InChI=1S/C12H22N4O2S/c1-8(2)11-5-4-6-16(11)19(17,18)12-9(3)14-15-10(12)7-13/h8,11H,4-7,13H2,1-3H3,(H,14,15). The van der Waals surface area contributed by atoms with Crippen LogP contribution in [0.15, 0.2) is 4.90 Å². The minimum atomic E-state index is -3.50. The molecular weight excluding hydrogens is 264 g/mol. The molecule has 3 N–H and O–H groups in total. The van der Waals surface area contributed by atoms with Crippen molar-refractivity contribution in [3.05, 3.63) is 11.4 Å². The molecule has 1 aliphatic rings. The van der Waals surface area contributed by atoms with E-state index in [1.807, 2.05) is 0 Å². The number of aromatic nitrogens is 2. The van der Waals surface area contributed by atoms with Crippen molar-refractivity contribution in [1.82, 2.24) is 14.5 Å². The van der Waals surface area contributed by atoms with E-state index in [1.165, 1.54) is 0 Å². The number of hydrogen-bond donors (Lipinski definition) is 2. The predicted molar refractivity (Wildman–Crippen MR) is 73.0 cm³/mol. The Morgan fingerprint density at radius 2 is 2.21 bits per heavy atom. The average molecular weight is 286 g/mol. The molecule has 6 nitrogen and oxygen atoms in total. The van der Waals surface area contributed by atoms with Gasteiger partial charge in [0, 0.05) is 19.1 Å². The van der Waals surface area contributed by atoms with Crippen molar-refractivity contribution in [1.29, 1.82) is 0 Å². The Morgan fingerprint density at radius 3 is 2.79 bits per heavy atom. The zero-order valence-corrected chi connectivity index (χ0v) is 12.5. The number of nitrogens with one attached hydrogen (secondary N) is 1. The minimum absolute atomic E-state index is 0.0740. The van der Waals surface area contributed by atoms with Gasteiger partial charge in [-0.25, -0.2) is 8.42 Å². The molecule has 2 rings (SSSR count). The maximum absolute atomic E-state index is 12.8. The van der Waals surface area contributed by atoms with E-state index < -0.39 is 10.0 Å². The summed E-state index contributed by atoms with van der Waals surface area (Å²) in [5, 5.41) is 6.71. The van der Waals surface area contributed by atoms with Gasteiger partial charge >= 0.3 is 0 Å². The molecule has 19 heavy (non-hydrogen) atoms. The lowest BCUT2D eigenvalue weighted by atomic mass is 10.0. The summed E-state index contributed by atoms with van der Waals surface area (Å²) in [5.41, 5.74) is 6.58. The highest BCUT2D eigenvalue weighted by molar-refractivity contribution is 7.89. The van der Waals surface area contributed by atoms with Gasteiger partial charge < -0.3 is 5.73 Å². The Kier molecular flexibility index (Phi) is 3.98. The molecule has 1 atom stereocenters. The summed E-state index contributed by atoms with van der Waals surface area (Å²) in [5.74, 6) is 0.311. The number of sulfonamides is 1. The summed E-state index contributed by atoms with van der Waals surface area (Å²) in [6.45, 7) is 6.55. The second-order valence-corrected chi connectivity index (χ2v) is 7.23. The fourth-order valence-electron chi connectivity index (χ4n) is 2.80. The Bertz CT molecular complexity index is 550. The second kappa shape index (κ2) is 5.22. The van der Waals surface area contributed by atoms with Gasteiger partial charge in [-0.1, -0.05) is 13.8 Å². The predicted octanol–water partition coefficient (Wildman–Crippen LogP) is 0.986. The lowest BCUT2D eigenvalue weighted by molar-refractivity contribution is 0.315. The van der Waals surface area contributed by atoms with Crippen molar-refractivity contribution in [2.75, 3.05) is 6.54 Å². The van der Waals surface area contributed by atoms with Crippen LogP contribution in [0.4, 0.5) is 0 Å². The summed E-state index contributed by atoms with van der Waals surface area (Å²) < 4.78 is 27.3. The van der Waals surface area contributed by atoms with Crippen molar-refractivity contribution in [2.24, 2.45) is 11.7 Å². The summed E-state index contributed by atoms with van der Waals surface area (Å²) in [4.78, 5) is 0.266. The van der Waals surface area contributed by atoms with E-state index in [9.17, 15) is 8.42 Å². The number of hydrogen-bond acceptors (Lipinski definition) is 4. The summed E-state index contributed by atoms with van der Waals surface area (Å²) in [6.07, 6.45) is 1.84. The number of rotatable bonds is 4. The van der Waals surface area contributed by atoms with E-state index in [1.54, 1.807) is 11.2 Å². The van der Waals surface area contributed by atoms with Crippen LogP contribution in [0.5, 0.6) is 0 Å². The number of aromatic amines is 1. The van der Waals surface area contributed by atoms with Crippen LogP contribution in [-0.4, -0.2) is 35.5 Å². The SMILES string of the molecule is Cc1[nH]nc(CN)c1S(=O)(=O)N1CCCC1C(C)C.